The molecule has 0 bridgehead atoms. The summed E-state index contributed by atoms with van der Waals surface area (Å²) in [6.07, 6.45) is 0. The molecule has 0 aliphatic carbocycles. The van der Waals surface area contributed by atoms with Gasteiger partial charge < -0.3 is 10.1 Å². The number of rotatable bonds is 6. The number of benzene rings is 1. The summed E-state index contributed by atoms with van der Waals surface area (Å²) in [7, 11) is 1.63. The highest BCUT2D eigenvalue weighted by atomic mass is 32.2. The van der Waals surface area contributed by atoms with Crippen LogP contribution < -0.4 is 10.1 Å². The Hall–Kier alpha value is -2.08. The largest absolute Gasteiger partial charge is 0.497 e. The molecule has 122 valence electrons. The maximum absolute atomic E-state index is 11.7. The quantitative estimate of drug-likeness (QED) is 0.651. The van der Waals surface area contributed by atoms with Crippen molar-refractivity contribution in [2.75, 3.05) is 12.9 Å². The maximum Gasteiger partial charge on any atom is 0.230 e. The second kappa shape index (κ2) is 7.97. The molecule has 0 aliphatic rings. The molecule has 0 saturated heterocycles. The number of carbonyl (C=O) groups is 1. The number of thioether (sulfide) groups is 1. The van der Waals surface area contributed by atoms with Crippen molar-refractivity contribution in [3.63, 3.8) is 0 Å². The van der Waals surface area contributed by atoms with Crippen LogP contribution in [-0.4, -0.2) is 34.8 Å². The van der Waals surface area contributed by atoms with E-state index >= 15 is 0 Å². The SMILES string of the molecule is COc1ccc(-c2nc(C)cc(SCC(=O)NC(C)C)n2)cc1. The Labute approximate surface area is 140 Å². The smallest absolute Gasteiger partial charge is 0.230 e. The maximum atomic E-state index is 11.7. The van der Waals surface area contributed by atoms with Crippen molar-refractivity contribution in [1.29, 1.82) is 0 Å². The fourth-order valence-electron chi connectivity index (χ4n) is 1.99. The Morgan fingerprint density at radius 3 is 2.57 bits per heavy atom. The first kappa shape index (κ1) is 17.3. The molecule has 1 aromatic carbocycles. The van der Waals surface area contributed by atoms with Crippen LogP contribution in [0.5, 0.6) is 5.75 Å². The van der Waals surface area contributed by atoms with Gasteiger partial charge in [-0.05, 0) is 51.1 Å². The molecule has 2 aromatic rings. The summed E-state index contributed by atoms with van der Waals surface area (Å²) in [5, 5.41) is 3.66. The Balaban J connectivity index is 2.13. The zero-order valence-corrected chi connectivity index (χ0v) is 14.6. The average Bonchev–Trinajstić information content (AvgIpc) is 2.52. The third kappa shape index (κ3) is 5.25. The van der Waals surface area contributed by atoms with Crippen LogP contribution in [0, 0.1) is 6.92 Å². The van der Waals surface area contributed by atoms with Crippen molar-refractivity contribution in [3.05, 3.63) is 36.0 Å². The first-order chi connectivity index (χ1) is 11.0. The van der Waals surface area contributed by atoms with Gasteiger partial charge in [0.2, 0.25) is 5.91 Å². The molecule has 5 nitrogen and oxygen atoms in total. The fourth-order valence-corrected chi connectivity index (χ4v) is 2.75. The molecule has 0 fully saturated rings. The lowest BCUT2D eigenvalue weighted by Gasteiger charge is -2.09. The Kier molecular flexibility index (Phi) is 5.98. The lowest BCUT2D eigenvalue weighted by Crippen LogP contribution is -2.31. The van der Waals surface area contributed by atoms with Crippen LogP contribution in [0.1, 0.15) is 19.5 Å². The molecule has 0 saturated carbocycles. The summed E-state index contributed by atoms with van der Waals surface area (Å²) in [5.74, 6) is 1.80. The first-order valence-corrected chi connectivity index (χ1v) is 8.38. The van der Waals surface area contributed by atoms with Crippen LogP contribution in [0.15, 0.2) is 35.4 Å². The summed E-state index contributed by atoms with van der Waals surface area (Å²) in [6.45, 7) is 5.81. The van der Waals surface area contributed by atoms with Crippen molar-refractivity contribution in [2.45, 2.75) is 31.8 Å². The van der Waals surface area contributed by atoms with E-state index in [1.807, 2.05) is 51.1 Å². The number of aryl methyl sites for hydroxylation is 1. The van der Waals surface area contributed by atoms with Gasteiger partial charge in [0.15, 0.2) is 5.82 Å². The van der Waals surface area contributed by atoms with E-state index in [2.05, 4.69) is 15.3 Å². The van der Waals surface area contributed by atoms with Gasteiger partial charge in [0.25, 0.3) is 0 Å². The van der Waals surface area contributed by atoms with Crippen LogP contribution in [0.4, 0.5) is 0 Å². The van der Waals surface area contributed by atoms with E-state index in [4.69, 9.17) is 4.74 Å². The van der Waals surface area contributed by atoms with E-state index < -0.39 is 0 Å². The predicted octanol–water partition coefficient (Wildman–Crippen LogP) is 3.08. The minimum atomic E-state index is 0.00672. The molecule has 1 amide bonds. The van der Waals surface area contributed by atoms with Gasteiger partial charge in [-0.3, -0.25) is 4.79 Å². The monoisotopic (exact) mass is 331 g/mol. The molecule has 0 unspecified atom stereocenters. The van der Waals surface area contributed by atoms with Gasteiger partial charge in [0.1, 0.15) is 10.8 Å². The van der Waals surface area contributed by atoms with Gasteiger partial charge in [-0.2, -0.15) is 0 Å². The number of hydrogen-bond donors (Lipinski definition) is 1. The summed E-state index contributed by atoms with van der Waals surface area (Å²) in [5.41, 5.74) is 1.79. The second-order valence-electron chi connectivity index (χ2n) is 5.41. The van der Waals surface area contributed by atoms with Gasteiger partial charge in [-0.15, -0.1) is 0 Å². The number of methoxy groups -OCH3 is 1. The Bertz CT molecular complexity index is 672. The number of hydrogen-bond acceptors (Lipinski definition) is 5. The normalized spacial score (nSPS) is 10.7. The van der Waals surface area contributed by atoms with Crippen molar-refractivity contribution in [1.82, 2.24) is 15.3 Å². The summed E-state index contributed by atoms with van der Waals surface area (Å²) in [6, 6.07) is 9.64. The molecule has 1 N–H and O–H groups in total. The number of nitrogens with one attached hydrogen (secondary N) is 1. The van der Waals surface area contributed by atoms with Crippen LogP contribution in [0.25, 0.3) is 11.4 Å². The number of carbonyl (C=O) groups excluding carboxylic acids is 1. The summed E-state index contributed by atoms with van der Waals surface area (Å²) < 4.78 is 5.16. The van der Waals surface area contributed by atoms with Crippen molar-refractivity contribution in [2.24, 2.45) is 0 Å². The van der Waals surface area contributed by atoms with Crippen molar-refractivity contribution in [3.8, 4) is 17.1 Å². The molecular formula is C17H21N3O2S. The van der Waals surface area contributed by atoms with Crippen LogP contribution in [0.3, 0.4) is 0 Å². The minimum Gasteiger partial charge on any atom is -0.497 e. The summed E-state index contributed by atoms with van der Waals surface area (Å²) in [4.78, 5) is 20.8. The fraction of sp³-hybridized carbons (Fsp3) is 0.353. The number of ether oxygens (including phenoxy) is 1. The number of aromatic nitrogens is 2. The average molecular weight is 331 g/mol. The van der Waals surface area contributed by atoms with E-state index in [0.717, 1.165) is 22.0 Å². The molecular weight excluding hydrogens is 310 g/mol. The predicted molar refractivity (Wildman–Crippen MR) is 92.8 cm³/mol. The van der Waals surface area contributed by atoms with E-state index in [1.54, 1.807) is 7.11 Å². The summed E-state index contributed by atoms with van der Waals surface area (Å²) >= 11 is 1.41. The molecule has 0 aliphatic heterocycles. The zero-order valence-electron chi connectivity index (χ0n) is 13.8. The van der Waals surface area contributed by atoms with Crippen LogP contribution in [0.2, 0.25) is 0 Å². The lowest BCUT2D eigenvalue weighted by molar-refractivity contribution is -0.119. The number of amides is 1. The molecule has 0 radical (unpaired) electrons. The Morgan fingerprint density at radius 1 is 1.26 bits per heavy atom. The lowest BCUT2D eigenvalue weighted by atomic mass is 10.2. The van der Waals surface area contributed by atoms with Gasteiger partial charge in [0.05, 0.1) is 12.9 Å². The van der Waals surface area contributed by atoms with Crippen molar-refractivity contribution >= 4 is 17.7 Å². The second-order valence-corrected chi connectivity index (χ2v) is 6.41. The zero-order chi connectivity index (χ0) is 16.8. The highest BCUT2D eigenvalue weighted by Crippen LogP contribution is 2.23. The van der Waals surface area contributed by atoms with E-state index in [-0.39, 0.29) is 11.9 Å². The molecule has 1 aromatic heterocycles. The molecule has 0 atom stereocenters. The minimum absolute atomic E-state index is 0.00672. The highest BCUT2D eigenvalue weighted by molar-refractivity contribution is 7.99. The molecule has 0 spiro atoms. The molecule has 6 heteroatoms. The molecule has 23 heavy (non-hydrogen) atoms. The molecule has 2 rings (SSSR count). The highest BCUT2D eigenvalue weighted by Gasteiger charge is 2.09. The van der Waals surface area contributed by atoms with E-state index in [1.165, 1.54) is 11.8 Å². The van der Waals surface area contributed by atoms with E-state index in [9.17, 15) is 4.79 Å². The van der Waals surface area contributed by atoms with Crippen LogP contribution in [-0.2, 0) is 4.79 Å². The van der Waals surface area contributed by atoms with Crippen LogP contribution >= 0.6 is 11.8 Å². The Morgan fingerprint density at radius 2 is 1.96 bits per heavy atom. The number of nitrogens with zero attached hydrogens (tertiary/aromatic N) is 2. The van der Waals surface area contributed by atoms with Crippen molar-refractivity contribution < 1.29 is 9.53 Å². The van der Waals surface area contributed by atoms with E-state index in [0.29, 0.717) is 11.6 Å². The van der Waals surface area contributed by atoms with Gasteiger partial charge in [-0.1, -0.05) is 11.8 Å². The molecule has 1 heterocycles. The van der Waals surface area contributed by atoms with Gasteiger partial charge >= 0.3 is 0 Å². The topological polar surface area (TPSA) is 64.1 Å². The van der Waals surface area contributed by atoms with Gasteiger partial charge in [0, 0.05) is 17.3 Å². The standard InChI is InChI=1S/C17H21N3O2S/c1-11(2)18-15(21)10-23-16-9-12(3)19-17(20-16)13-5-7-14(22-4)8-6-13/h5-9,11H,10H2,1-4H3,(H,18,21). The third-order valence-electron chi connectivity index (χ3n) is 2.98. The third-order valence-corrected chi connectivity index (χ3v) is 3.89. The van der Waals surface area contributed by atoms with Gasteiger partial charge in [-0.25, -0.2) is 9.97 Å². The first-order valence-electron chi connectivity index (χ1n) is 7.40.